The third kappa shape index (κ3) is 2.92. The predicted molar refractivity (Wildman–Crippen MR) is 75.7 cm³/mol. The van der Waals surface area contributed by atoms with E-state index in [1.807, 2.05) is 0 Å². The number of phenolic OH excluding ortho intramolecular Hbond substituents is 2. The third-order valence-electron chi connectivity index (χ3n) is 2.25. The molecule has 2 rings (SSSR count). The van der Waals surface area contributed by atoms with Gasteiger partial charge < -0.3 is 20.7 Å². The average Bonchev–Trinajstić information content (AvgIpc) is 2.29. The minimum Gasteiger partial charge on any atom is -0.508 e. The molecule has 0 bridgehead atoms. The molecule has 0 aliphatic carbocycles. The highest BCUT2D eigenvalue weighted by atomic mass is 35.5. The van der Waals surface area contributed by atoms with Crippen molar-refractivity contribution in [3.8, 4) is 23.0 Å². The molecule has 19 heavy (non-hydrogen) atoms. The summed E-state index contributed by atoms with van der Waals surface area (Å²) in [6.45, 7) is 0. The number of aromatic hydroxyl groups is 2. The summed E-state index contributed by atoms with van der Waals surface area (Å²) in [7, 11) is 0. The second-order valence-electron chi connectivity index (χ2n) is 3.69. The Labute approximate surface area is 123 Å². The smallest absolute Gasteiger partial charge is 0.177 e. The number of phenols is 2. The van der Waals surface area contributed by atoms with Crippen molar-refractivity contribution in [3.63, 3.8) is 0 Å². The maximum absolute atomic E-state index is 9.74. The Bertz CT molecular complexity index is 623. The highest BCUT2D eigenvalue weighted by Crippen LogP contribution is 2.44. The molecule has 0 radical (unpaired) electrons. The van der Waals surface area contributed by atoms with Gasteiger partial charge in [0.15, 0.2) is 17.2 Å². The summed E-state index contributed by atoms with van der Waals surface area (Å²) in [6, 6.07) is 5.26. The Morgan fingerprint density at radius 1 is 0.895 bits per heavy atom. The first-order chi connectivity index (χ1) is 8.88. The van der Waals surface area contributed by atoms with Gasteiger partial charge in [-0.3, -0.25) is 0 Å². The van der Waals surface area contributed by atoms with E-state index in [0.717, 1.165) is 0 Å². The molecule has 2 aromatic carbocycles. The number of ether oxygens (including phenoxy) is 1. The third-order valence-corrected chi connectivity index (χ3v) is 3.10. The minimum atomic E-state index is -0.330. The van der Waals surface area contributed by atoms with E-state index in [-0.39, 0.29) is 38.1 Å². The number of halogens is 3. The van der Waals surface area contributed by atoms with Crippen LogP contribution in [0.1, 0.15) is 0 Å². The van der Waals surface area contributed by atoms with E-state index in [1.54, 1.807) is 0 Å². The summed E-state index contributed by atoms with van der Waals surface area (Å²) >= 11 is 17.6. The second kappa shape index (κ2) is 5.25. The van der Waals surface area contributed by atoms with Crippen molar-refractivity contribution >= 4 is 40.5 Å². The topological polar surface area (TPSA) is 75.7 Å². The molecular weight excluding hydrogens is 312 g/mol. The van der Waals surface area contributed by atoms with Gasteiger partial charge in [0.2, 0.25) is 0 Å². The van der Waals surface area contributed by atoms with Crippen LogP contribution in [0.2, 0.25) is 15.1 Å². The van der Waals surface area contributed by atoms with E-state index in [2.05, 4.69) is 0 Å². The lowest BCUT2D eigenvalue weighted by Crippen LogP contribution is -1.91. The first-order valence-electron chi connectivity index (χ1n) is 5.02. The first-order valence-corrected chi connectivity index (χ1v) is 6.15. The summed E-state index contributed by atoms with van der Waals surface area (Å²) in [5, 5.41) is 19.4. The van der Waals surface area contributed by atoms with Crippen molar-refractivity contribution in [2.24, 2.45) is 0 Å². The second-order valence-corrected chi connectivity index (χ2v) is 4.91. The van der Waals surface area contributed by atoms with Crippen molar-refractivity contribution in [2.75, 3.05) is 5.73 Å². The molecule has 0 aliphatic heterocycles. The van der Waals surface area contributed by atoms with Crippen molar-refractivity contribution in [1.29, 1.82) is 0 Å². The maximum atomic E-state index is 9.74. The number of rotatable bonds is 2. The Hall–Kier alpha value is -1.49. The molecule has 0 heterocycles. The highest BCUT2D eigenvalue weighted by Gasteiger charge is 2.15. The number of hydrogen-bond acceptors (Lipinski definition) is 4. The molecule has 100 valence electrons. The van der Waals surface area contributed by atoms with Crippen LogP contribution in [0.4, 0.5) is 5.69 Å². The number of benzene rings is 2. The Balaban J connectivity index is 2.48. The van der Waals surface area contributed by atoms with Crippen LogP contribution in [0.15, 0.2) is 24.3 Å². The summed E-state index contributed by atoms with van der Waals surface area (Å²) < 4.78 is 5.37. The van der Waals surface area contributed by atoms with Crippen molar-refractivity contribution in [2.45, 2.75) is 0 Å². The van der Waals surface area contributed by atoms with Crippen molar-refractivity contribution in [3.05, 3.63) is 39.3 Å². The van der Waals surface area contributed by atoms with Crippen LogP contribution in [-0.4, -0.2) is 10.2 Å². The normalized spacial score (nSPS) is 10.5. The predicted octanol–water partition coefficient (Wildman–Crippen LogP) is 4.43. The van der Waals surface area contributed by atoms with E-state index in [0.29, 0.717) is 5.69 Å². The lowest BCUT2D eigenvalue weighted by molar-refractivity contribution is 0.404. The van der Waals surface area contributed by atoms with Gasteiger partial charge in [0.25, 0.3) is 0 Å². The number of nitrogen functional groups attached to an aromatic ring is 1. The molecule has 0 aromatic heterocycles. The highest BCUT2D eigenvalue weighted by molar-refractivity contribution is 6.37. The van der Waals surface area contributed by atoms with Gasteiger partial charge in [-0.05, 0) is 12.1 Å². The molecule has 2 aromatic rings. The van der Waals surface area contributed by atoms with E-state index >= 15 is 0 Å². The minimum absolute atomic E-state index is 0.0577. The molecular formula is C12H8Cl3NO3. The summed E-state index contributed by atoms with van der Waals surface area (Å²) in [5.41, 5.74) is 5.94. The van der Waals surface area contributed by atoms with Crippen LogP contribution < -0.4 is 10.5 Å². The lowest BCUT2D eigenvalue weighted by Gasteiger charge is -2.12. The zero-order valence-corrected chi connectivity index (χ0v) is 11.6. The molecule has 0 amide bonds. The summed E-state index contributed by atoms with van der Waals surface area (Å²) in [4.78, 5) is 0. The monoisotopic (exact) mass is 319 g/mol. The number of nitrogens with two attached hydrogens (primary N) is 1. The van der Waals surface area contributed by atoms with Crippen LogP contribution in [-0.2, 0) is 0 Å². The fraction of sp³-hybridized carbons (Fsp3) is 0. The van der Waals surface area contributed by atoms with Gasteiger partial charge in [-0.2, -0.15) is 0 Å². The van der Waals surface area contributed by atoms with E-state index in [9.17, 15) is 10.2 Å². The van der Waals surface area contributed by atoms with Crippen LogP contribution >= 0.6 is 34.8 Å². The zero-order valence-electron chi connectivity index (χ0n) is 9.32. The van der Waals surface area contributed by atoms with Gasteiger partial charge in [0, 0.05) is 17.8 Å². The fourth-order valence-corrected chi connectivity index (χ4v) is 2.21. The van der Waals surface area contributed by atoms with E-state index in [1.165, 1.54) is 24.3 Å². The summed E-state index contributed by atoms with van der Waals surface area (Å²) in [5.74, 6) is -0.461. The first kappa shape index (κ1) is 13.9. The van der Waals surface area contributed by atoms with Gasteiger partial charge in [-0.1, -0.05) is 34.8 Å². The van der Waals surface area contributed by atoms with Crippen molar-refractivity contribution in [1.82, 2.24) is 0 Å². The molecule has 4 nitrogen and oxygen atoms in total. The van der Waals surface area contributed by atoms with Crippen LogP contribution in [0.25, 0.3) is 0 Å². The molecule has 0 unspecified atom stereocenters. The number of anilines is 1. The Kier molecular flexibility index (Phi) is 3.85. The quantitative estimate of drug-likeness (QED) is 0.565. The molecule has 0 spiro atoms. The zero-order chi connectivity index (χ0) is 14.2. The Morgan fingerprint density at radius 3 is 2.05 bits per heavy atom. The average molecular weight is 321 g/mol. The van der Waals surface area contributed by atoms with E-state index < -0.39 is 0 Å². The SMILES string of the molecule is Nc1cc(Cl)c(Oc2cc(O)cc(Cl)c2O)c(Cl)c1. The van der Waals surface area contributed by atoms with Gasteiger partial charge in [0.05, 0.1) is 15.1 Å². The molecule has 0 aliphatic rings. The van der Waals surface area contributed by atoms with Crippen LogP contribution in [0.3, 0.4) is 0 Å². The van der Waals surface area contributed by atoms with Gasteiger partial charge in [-0.25, -0.2) is 0 Å². The van der Waals surface area contributed by atoms with Crippen LogP contribution in [0, 0.1) is 0 Å². The largest absolute Gasteiger partial charge is 0.508 e. The standard InChI is InChI=1S/C12H8Cl3NO3/c13-7-3-6(17)4-10(11(7)18)19-12-8(14)1-5(16)2-9(12)15/h1-4,17-18H,16H2. The molecule has 0 saturated heterocycles. The molecule has 7 heteroatoms. The maximum Gasteiger partial charge on any atom is 0.177 e. The molecule has 4 N–H and O–H groups in total. The van der Waals surface area contributed by atoms with Crippen molar-refractivity contribution < 1.29 is 14.9 Å². The number of hydrogen-bond donors (Lipinski definition) is 3. The Morgan fingerprint density at radius 2 is 1.47 bits per heavy atom. The van der Waals surface area contributed by atoms with Gasteiger partial charge >= 0.3 is 0 Å². The van der Waals surface area contributed by atoms with E-state index in [4.69, 9.17) is 45.3 Å². The summed E-state index contributed by atoms with van der Waals surface area (Å²) in [6.07, 6.45) is 0. The van der Waals surface area contributed by atoms with Gasteiger partial charge in [-0.15, -0.1) is 0 Å². The lowest BCUT2D eigenvalue weighted by atomic mass is 10.2. The molecule has 0 fully saturated rings. The van der Waals surface area contributed by atoms with Gasteiger partial charge in [0.1, 0.15) is 5.75 Å². The molecule has 0 saturated carbocycles. The molecule has 0 atom stereocenters. The fourth-order valence-electron chi connectivity index (χ4n) is 1.42. The van der Waals surface area contributed by atoms with Crippen LogP contribution in [0.5, 0.6) is 23.0 Å².